The molecule has 0 bridgehead atoms. The summed E-state index contributed by atoms with van der Waals surface area (Å²) in [4.78, 5) is 4.12. The van der Waals surface area contributed by atoms with Gasteiger partial charge in [-0.05, 0) is 67.5 Å². The van der Waals surface area contributed by atoms with E-state index in [-0.39, 0.29) is 0 Å². The van der Waals surface area contributed by atoms with E-state index in [0.29, 0.717) is 12.0 Å². The summed E-state index contributed by atoms with van der Waals surface area (Å²) in [7, 11) is 2.06. The zero-order valence-electron chi connectivity index (χ0n) is 12.0. The van der Waals surface area contributed by atoms with Crippen molar-refractivity contribution in [3.63, 3.8) is 0 Å². The summed E-state index contributed by atoms with van der Waals surface area (Å²) >= 11 is 0. The van der Waals surface area contributed by atoms with Gasteiger partial charge in [-0.2, -0.15) is 0 Å². The molecule has 2 unspecified atom stereocenters. The first-order chi connectivity index (χ1) is 9.88. The first-order valence-electron chi connectivity index (χ1n) is 7.53. The second-order valence-corrected chi connectivity index (χ2v) is 5.65. The predicted molar refractivity (Wildman–Crippen MR) is 82.8 cm³/mol. The minimum absolute atomic E-state index is 0.411. The van der Waals surface area contributed by atoms with Gasteiger partial charge in [-0.3, -0.25) is 4.98 Å². The van der Waals surface area contributed by atoms with Crippen molar-refractivity contribution >= 4 is 0 Å². The van der Waals surface area contributed by atoms with Crippen LogP contribution in [0.4, 0.5) is 0 Å². The normalized spacial score (nSPS) is 19.4. The van der Waals surface area contributed by atoms with Crippen LogP contribution >= 0.6 is 0 Å². The average molecular weight is 266 g/mol. The molecule has 2 atom stereocenters. The standard InChI is InChI=1S/C18H22N2/c1-19-18(15-9-11-20-12-10-15)13-16-7-4-6-14-5-2-3-8-17(14)16/h2-3,5,8-12,16,18-19H,4,6-7,13H2,1H3. The number of hydrogen-bond acceptors (Lipinski definition) is 2. The summed E-state index contributed by atoms with van der Waals surface area (Å²) in [6.45, 7) is 0. The third-order valence-corrected chi connectivity index (χ3v) is 4.47. The zero-order valence-corrected chi connectivity index (χ0v) is 12.0. The Labute approximate surface area is 121 Å². The van der Waals surface area contributed by atoms with Crippen LogP contribution in [0.25, 0.3) is 0 Å². The molecule has 2 nitrogen and oxygen atoms in total. The molecule has 104 valence electrons. The van der Waals surface area contributed by atoms with Gasteiger partial charge in [0.05, 0.1) is 0 Å². The summed E-state index contributed by atoms with van der Waals surface area (Å²) in [5, 5.41) is 3.47. The second-order valence-electron chi connectivity index (χ2n) is 5.65. The molecule has 2 aromatic rings. The Morgan fingerprint density at radius 3 is 2.80 bits per heavy atom. The van der Waals surface area contributed by atoms with Crippen LogP contribution in [0, 0.1) is 0 Å². The van der Waals surface area contributed by atoms with Crippen molar-refractivity contribution in [1.29, 1.82) is 0 Å². The van der Waals surface area contributed by atoms with E-state index in [1.807, 2.05) is 12.4 Å². The SMILES string of the molecule is CNC(CC1CCCc2ccccc21)c1ccncc1. The number of aryl methyl sites for hydroxylation is 1. The number of benzene rings is 1. The quantitative estimate of drug-likeness (QED) is 0.909. The van der Waals surface area contributed by atoms with Crippen molar-refractivity contribution < 1.29 is 0 Å². The van der Waals surface area contributed by atoms with Crippen LogP contribution < -0.4 is 5.32 Å². The maximum atomic E-state index is 4.12. The number of nitrogens with zero attached hydrogens (tertiary/aromatic N) is 1. The van der Waals surface area contributed by atoms with Crippen molar-refractivity contribution in [2.24, 2.45) is 0 Å². The first-order valence-corrected chi connectivity index (χ1v) is 7.53. The van der Waals surface area contributed by atoms with Crippen molar-refractivity contribution in [1.82, 2.24) is 10.3 Å². The lowest BCUT2D eigenvalue weighted by Crippen LogP contribution is -2.21. The molecular weight excluding hydrogens is 244 g/mol. The van der Waals surface area contributed by atoms with Gasteiger partial charge in [0.2, 0.25) is 0 Å². The molecule has 0 fully saturated rings. The number of pyridine rings is 1. The topological polar surface area (TPSA) is 24.9 Å². The van der Waals surface area contributed by atoms with Gasteiger partial charge in [-0.15, -0.1) is 0 Å². The van der Waals surface area contributed by atoms with Gasteiger partial charge in [-0.25, -0.2) is 0 Å². The predicted octanol–water partition coefficient (Wildman–Crippen LogP) is 3.85. The highest BCUT2D eigenvalue weighted by molar-refractivity contribution is 5.33. The van der Waals surface area contributed by atoms with E-state index in [1.165, 1.54) is 24.8 Å². The van der Waals surface area contributed by atoms with Gasteiger partial charge < -0.3 is 5.32 Å². The number of nitrogens with one attached hydrogen (secondary N) is 1. The fourth-order valence-corrected chi connectivity index (χ4v) is 3.40. The molecule has 0 saturated carbocycles. The lowest BCUT2D eigenvalue weighted by Gasteiger charge is -2.29. The summed E-state index contributed by atoms with van der Waals surface area (Å²) in [5.74, 6) is 0.672. The minimum Gasteiger partial charge on any atom is -0.313 e. The molecule has 0 saturated heterocycles. The van der Waals surface area contributed by atoms with Crippen LogP contribution in [0.2, 0.25) is 0 Å². The Morgan fingerprint density at radius 1 is 1.20 bits per heavy atom. The maximum absolute atomic E-state index is 4.12. The van der Waals surface area contributed by atoms with Crippen LogP contribution in [0.3, 0.4) is 0 Å². The Hall–Kier alpha value is -1.67. The lowest BCUT2D eigenvalue weighted by atomic mass is 9.79. The van der Waals surface area contributed by atoms with Gasteiger partial charge >= 0.3 is 0 Å². The molecule has 0 spiro atoms. The Balaban J connectivity index is 1.81. The third kappa shape index (κ3) is 2.75. The van der Waals surface area contributed by atoms with E-state index in [4.69, 9.17) is 0 Å². The van der Waals surface area contributed by atoms with E-state index in [1.54, 1.807) is 11.1 Å². The Kier molecular flexibility index (Phi) is 4.12. The van der Waals surface area contributed by atoms with Crippen LogP contribution in [-0.4, -0.2) is 12.0 Å². The number of fused-ring (bicyclic) bond motifs is 1. The van der Waals surface area contributed by atoms with Crippen LogP contribution in [-0.2, 0) is 6.42 Å². The van der Waals surface area contributed by atoms with Crippen LogP contribution in [0.5, 0.6) is 0 Å². The summed E-state index contributed by atoms with van der Waals surface area (Å²) in [6.07, 6.45) is 8.79. The zero-order chi connectivity index (χ0) is 13.8. The van der Waals surface area contributed by atoms with E-state index in [0.717, 1.165) is 6.42 Å². The highest BCUT2D eigenvalue weighted by Crippen LogP contribution is 2.37. The third-order valence-electron chi connectivity index (χ3n) is 4.47. The van der Waals surface area contributed by atoms with Crippen molar-refractivity contribution in [2.75, 3.05) is 7.05 Å². The molecule has 0 radical (unpaired) electrons. The molecule has 0 amide bonds. The monoisotopic (exact) mass is 266 g/mol. The molecule has 3 rings (SSSR count). The summed E-state index contributed by atoms with van der Waals surface area (Å²) in [6, 6.07) is 13.6. The second kappa shape index (κ2) is 6.19. The number of rotatable bonds is 4. The molecule has 0 aliphatic heterocycles. The van der Waals surface area contributed by atoms with Gasteiger partial charge in [0, 0.05) is 18.4 Å². The molecule has 1 heterocycles. The average Bonchev–Trinajstić information content (AvgIpc) is 2.53. The van der Waals surface area contributed by atoms with Crippen LogP contribution in [0.15, 0.2) is 48.8 Å². The smallest absolute Gasteiger partial charge is 0.0324 e. The Morgan fingerprint density at radius 2 is 2.00 bits per heavy atom. The largest absolute Gasteiger partial charge is 0.313 e. The molecule has 2 heteroatoms. The molecule has 1 aliphatic rings. The van der Waals surface area contributed by atoms with Gasteiger partial charge in [0.1, 0.15) is 0 Å². The maximum Gasteiger partial charge on any atom is 0.0324 e. The lowest BCUT2D eigenvalue weighted by molar-refractivity contribution is 0.439. The number of aromatic nitrogens is 1. The van der Waals surface area contributed by atoms with Crippen molar-refractivity contribution in [2.45, 2.75) is 37.6 Å². The molecule has 1 aromatic heterocycles. The fourth-order valence-electron chi connectivity index (χ4n) is 3.40. The highest BCUT2D eigenvalue weighted by Gasteiger charge is 2.23. The minimum atomic E-state index is 0.411. The highest BCUT2D eigenvalue weighted by atomic mass is 14.9. The molecule has 1 N–H and O–H groups in total. The summed E-state index contributed by atoms with van der Waals surface area (Å²) in [5.41, 5.74) is 4.45. The molecule has 1 aromatic carbocycles. The van der Waals surface area contributed by atoms with E-state index in [9.17, 15) is 0 Å². The van der Waals surface area contributed by atoms with Gasteiger partial charge in [-0.1, -0.05) is 24.3 Å². The van der Waals surface area contributed by atoms with E-state index in [2.05, 4.69) is 53.7 Å². The molecular formula is C18H22N2. The molecule has 20 heavy (non-hydrogen) atoms. The van der Waals surface area contributed by atoms with E-state index >= 15 is 0 Å². The van der Waals surface area contributed by atoms with Gasteiger partial charge in [0.15, 0.2) is 0 Å². The van der Waals surface area contributed by atoms with Crippen LogP contribution in [0.1, 0.15) is 47.9 Å². The summed E-state index contributed by atoms with van der Waals surface area (Å²) < 4.78 is 0. The van der Waals surface area contributed by atoms with E-state index < -0.39 is 0 Å². The van der Waals surface area contributed by atoms with Crippen molar-refractivity contribution in [3.8, 4) is 0 Å². The van der Waals surface area contributed by atoms with Crippen molar-refractivity contribution in [3.05, 3.63) is 65.5 Å². The molecule has 1 aliphatic carbocycles. The fraction of sp³-hybridized carbons (Fsp3) is 0.389. The Bertz CT molecular complexity index is 550. The number of hydrogen-bond donors (Lipinski definition) is 1. The van der Waals surface area contributed by atoms with Gasteiger partial charge in [0.25, 0.3) is 0 Å². The first kappa shape index (κ1) is 13.3.